The number of nitrogens with zero attached hydrogens (tertiary/aromatic N) is 3. The second kappa shape index (κ2) is 9.11. The zero-order valence-corrected chi connectivity index (χ0v) is 16.7. The molecule has 1 amide bonds. The molecule has 0 spiro atoms. The van der Waals surface area contributed by atoms with Crippen LogP contribution in [0.25, 0.3) is 0 Å². The average molecular weight is 445 g/mol. The molecule has 148 valence electrons. The van der Waals surface area contributed by atoms with Crippen LogP contribution < -0.4 is 5.43 Å². The molecule has 0 saturated carbocycles. The Hall–Kier alpha value is -2.53. The summed E-state index contributed by atoms with van der Waals surface area (Å²) >= 11 is 11.7. The van der Waals surface area contributed by atoms with Gasteiger partial charge in [-0.2, -0.15) is 9.41 Å². The molecule has 0 atom stereocenters. The standard InChI is InChI=1S/C16H14Cl2N4O5S/c1-21(28(26,27)14-5-2-12(17)3-6-14)10-16(23)20-19-9-11-8-13(22(24)25)4-7-15(11)18/h2-9H,10H2,1H3,(H,20,23)/b19-9-. The van der Waals surface area contributed by atoms with Crippen LogP contribution in [0, 0.1) is 10.1 Å². The molecular formula is C16H14Cl2N4O5S. The Kier molecular flexibility index (Phi) is 7.08. The second-order valence-corrected chi connectivity index (χ2v) is 8.36. The lowest BCUT2D eigenvalue weighted by Gasteiger charge is -2.16. The molecule has 0 aliphatic heterocycles. The maximum Gasteiger partial charge on any atom is 0.270 e. The zero-order valence-electron chi connectivity index (χ0n) is 14.4. The molecule has 0 bridgehead atoms. The third-order valence-electron chi connectivity index (χ3n) is 3.47. The number of nitrogens with one attached hydrogen (secondary N) is 1. The van der Waals surface area contributed by atoms with E-state index in [-0.39, 0.29) is 21.2 Å². The summed E-state index contributed by atoms with van der Waals surface area (Å²) in [4.78, 5) is 22.1. The number of sulfonamides is 1. The molecule has 2 aromatic rings. The Labute approximate surface area is 170 Å². The highest BCUT2D eigenvalue weighted by Crippen LogP contribution is 2.20. The molecule has 9 nitrogen and oxygen atoms in total. The first-order valence-electron chi connectivity index (χ1n) is 7.59. The van der Waals surface area contributed by atoms with E-state index in [0.29, 0.717) is 5.02 Å². The molecule has 0 aromatic heterocycles. The number of benzene rings is 2. The number of likely N-dealkylation sites (N-methyl/N-ethyl adjacent to an activating group) is 1. The number of nitro groups is 1. The lowest BCUT2D eigenvalue weighted by Crippen LogP contribution is -2.36. The number of rotatable bonds is 7. The van der Waals surface area contributed by atoms with Gasteiger partial charge < -0.3 is 0 Å². The van der Waals surface area contributed by atoms with Crippen molar-refractivity contribution in [2.45, 2.75) is 4.90 Å². The van der Waals surface area contributed by atoms with Gasteiger partial charge in [0.15, 0.2) is 0 Å². The van der Waals surface area contributed by atoms with Crippen molar-refractivity contribution in [3.8, 4) is 0 Å². The van der Waals surface area contributed by atoms with E-state index in [9.17, 15) is 23.3 Å². The van der Waals surface area contributed by atoms with Crippen LogP contribution in [-0.2, 0) is 14.8 Å². The number of hydrogen-bond donors (Lipinski definition) is 1. The molecule has 0 saturated heterocycles. The molecule has 0 radical (unpaired) electrons. The van der Waals surface area contributed by atoms with E-state index >= 15 is 0 Å². The van der Waals surface area contributed by atoms with Gasteiger partial charge in [0.1, 0.15) is 0 Å². The van der Waals surface area contributed by atoms with Crippen LogP contribution in [0.2, 0.25) is 10.0 Å². The predicted molar refractivity (Wildman–Crippen MR) is 105 cm³/mol. The zero-order chi connectivity index (χ0) is 20.9. The van der Waals surface area contributed by atoms with Crippen molar-refractivity contribution in [2.75, 3.05) is 13.6 Å². The monoisotopic (exact) mass is 444 g/mol. The van der Waals surface area contributed by atoms with E-state index in [2.05, 4.69) is 10.5 Å². The Balaban J connectivity index is 2.02. The lowest BCUT2D eigenvalue weighted by atomic mass is 10.2. The fourth-order valence-corrected chi connectivity index (χ4v) is 3.45. The molecule has 2 aromatic carbocycles. The minimum absolute atomic E-state index is 0.0147. The van der Waals surface area contributed by atoms with Gasteiger partial charge in [0.25, 0.3) is 11.6 Å². The van der Waals surface area contributed by atoms with Gasteiger partial charge in [0, 0.05) is 34.8 Å². The molecule has 12 heteroatoms. The smallest absolute Gasteiger partial charge is 0.270 e. The summed E-state index contributed by atoms with van der Waals surface area (Å²) < 4.78 is 25.7. The third kappa shape index (κ3) is 5.49. The Morgan fingerprint density at radius 2 is 1.89 bits per heavy atom. The van der Waals surface area contributed by atoms with Crippen molar-refractivity contribution < 1.29 is 18.1 Å². The number of halogens is 2. The normalized spacial score (nSPS) is 11.7. The maximum absolute atomic E-state index is 12.4. The first-order valence-corrected chi connectivity index (χ1v) is 9.78. The summed E-state index contributed by atoms with van der Waals surface area (Å²) in [5, 5.41) is 15.0. The number of carbonyl (C=O) groups is 1. The Morgan fingerprint density at radius 3 is 2.50 bits per heavy atom. The highest BCUT2D eigenvalue weighted by molar-refractivity contribution is 7.89. The third-order valence-corrected chi connectivity index (χ3v) is 5.89. The van der Waals surface area contributed by atoms with Crippen molar-refractivity contribution in [1.82, 2.24) is 9.73 Å². The van der Waals surface area contributed by atoms with E-state index < -0.39 is 27.4 Å². The molecule has 0 aliphatic rings. The number of carbonyl (C=O) groups excluding carboxylic acids is 1. The van der Waals surface area contributed by atoms with Crippen LogP contribution in [0.15, 0.2) is 52.5 Å². The van der Waals surface area contributed by atoms with E-state index in [0.717, 1.165) is 10.5 Å². The quantitative estimate of drug-likeness (QED) is 0.399. The SMILES string of the molecule is CN(CC(=O)N/N=C\c1cc([N+](=O)[O-])ccc1Cl)S(=O)(=O)c1ccc(Cl)cc1. The van der Waals surface area contributed by atoms with Gasteiger partial charge in [-0.05, 0) is 30.3 Å². The van der Waals surface area contributed by atoms with Crippen LogP contribution in [-0.4, -0.2) is 43.4 Å². The van der Waals surface area contributed by atoms with E-state index in [4.69, 9.17) is 23.2 Å². The minimum Gasteiger partial charge on any atom is -0.272 e. The van der Waals surface area contributed by atoms with Crippen LogP contribution in [0.5, 0.6) is 0 Å². The highest BCUT2D eigenvalue weighted by Gasteiger charge is 2.22. The maximum atomic E-state index is 12.4. The highest BCUT2D eigenvalue weighted by atomic mass is 35.5. The lowest BCUT2D eigenvalue weighted by molar-refractivity contribution is -0.384. The number of hydrogen-bond acceptors (Lipinski definition) is 6. The van der Waals surface area contributed by atoms with Gasteiger partial charge in [0.2, 0.25) is 10.0 Å². The Bertz CT molecular complexity index is 1030. The van der Waals surface area contributed by atoms with Crippen molar-refractivity contribution in [3.63, 3.8) is 0 Å². The average Bonchev–Trinajstić information content (AvgIpc) is 2.63. The minimum atomic E-state index is -3.88. The molecular weight excluding hydrogens is 431 g/mol. The van der Waals surface area contributed by atoms with Crippen LogP contribution in [0.1, 0.15) is 5.56 Å². The molecule has 0 aliphatic carbocycles. The number of nitro benzene ring substituents is 1. The summed E-state index contributed by atoms with van der Waals surface area (Å²) in [6.45, 7) is -0.495. The van der Waals surface area contributed by atoms with Gasteiger partial charge in [-0.3, -0.25) is 14.9 Å². The van der Waals surface area contributed by atoms with E-state index in [1.165, 1.54) is 49.5 Å². The first kappa shape index (κ1) is 21.8. The van der Waals surface area contributed by atoms with Crippen LogP contribution in [0.3, 0.4) is 0 Å². The largest absolute Gasteiger partial charge is 0.272 e. The topological polar surface area (TPSA) is 122 Å². The van der Waals surface area contributed by atoms with Crippen molar-refractivity contribution in [3.05, 3.63) is 68.2 Å². The number of amides is 1. The van der Waals surface area contributed by atoms with E-state index in [1.54, 1.807) is 0 Å². The first-order chi connectivity index (χ1) is 13.1. The van der Waals surface area contributed by atoms with Gasteiger partial charge in [0.05, 0.1) is 22.6 Å². The predicted octanol–water partition coefficient (Wildman–Crippen LogP) is 2.67. The van der Waals surface area contributed by atoms with Crippen molar-refractivity contribution >= 4 is 51.0 Å². The number of non-ortho nitro benzene ring substituents is 1. The summed E-state index contributed by atoms with van der Waals surface area (Å²) in [6, 6.07) is 9.26. The van der Waals surface area contributed by atoms with Gasteiger partial charge in [-0.1, -0.05) is 23.2 Å². The fourth-order valence-electron chi connectivity index (χ4n) is 2.03. The molecule has 1 N–H and O–H groups in total. The molecule has 0 heterocycles. The molecule has 0 fully saturated rings. The molecule has 0 unspecified atom stereocenters. The molecule has 2 rings (SSSR count). The summed E-state index contributed by atoms with van der Waals surface area (Å²) in [5.74, 6) is -0.710. The van der Waals surface area contributed by atoms with E-state index in [1.807, 2.05) is 0 Å². The van der Waals surface area contributed by atoms with Gasteiger partial charge in [-0.25, -0.2) is 13.8 Å². The van der Waals surface area contributed by atoms with Gasteiger partial charge in [-0.15, -0.1) is 0 Å². The number of hydrazone groups is 1. The van der Waals surface area contributed by atoms with Crippen molar-refractivity contribution in [1.29, 1.82) is 0 Å². The van der Waals surface area contributed by atoms with Crippen LogP contribution >= 0.6 is 23.2 Å². The summed E-state index contributed by atoms with van der Waals surface area (Å²) in [6.07, 6.45) is 1.13. The fraction of sp³-hybridized carbons (Fsp3) is 0.125. The summed E-state index contributed by atoms with van der Waals surface area (Å²) in [5.41, 5.74) is 2.18. The Morgan fingerprint density at radius 1 is 1.25 bits per heavy atom. The molecule has 28 heavy (non-hydrogen) atoms. The van der Waals surface area contributed by atoms with Gasteiger partial charge >= 0.3 is 0 Å². The van der Waals surface area contributed by atoms with Crippen molar-refractivity contribution in [2.24, 2.45) is 5.10 Å². The second-order valence-electron chi connectivity index (χ2n) is 5.47. The van der Waals surface area contributed by atoms with Crippen LogP contribution in [0.4, 0.5) is 5.69 Å². The summed E-state index contributed by atoms with van der Waals surface area (Å²) in [7, 11) is -2.64.